The third-order valence-electron chi connectivity index (χ3n) is 4.69. The lowest BCUT2D eigenvalue weighted by molar-refractivity contribution is -0.120. The Morgan fingerprint density at radius 2 is 1.86 bits per heavy atom. The Morgan fingerprint density at radius 3 is 2.59 bits per heavy atom. The lowest BCUT2D eigenvalue weighted by Gasteiger charge is -2.21. The van der Waals surface area contributed by atoms with E-state index in [1.165, 1.54) is 5.69 Å². The zero-order chi connectivity index (χ0) is 19.8. The molecule has 29 heavy (non-hydrogen) atoms. The van der Waals surface area contributed by atoms with Gasteiger partial charge in [0.25, 0.3) is 0 Å². The number of carbonyl (C=O) groups excluding carboxylic acids is 1. The minimum absolute atomic E-state index is 0. The van der Waals surface area contributed by atoms with Crippen LogP contribution in [0.1, 0.15) is 12.0 Å². The van der Waals surface area contributed by atoms with Crippen molar-refractivity contribution < 1.29 is 4.79 Å². The molecule has 1 unspecified atom stereocenters. The number of guanidine groups is 1. The number of anilines is 1. The second kappa shape index (κ2) is 12.0. The molecule has 1 fully saturated rings. The summed E-state index contributed by atoms with van der Waals surface area (Å²) >= 11 is 3.62. The number of carbonyl (C=O) groups is 1. The normalized spacial score (nSPS) is 16.1. The number of rotatable bonds is 6. The van der Waals surface area contributed by atoms with Crippen molar-refractivity contribution in [1.29, 1.82) is 0 Å². The summed E-state index contributed by atoms with van der Waals surface area (Å²) in [5.41, 5.74) is 2.28. The summed E-state index contributed by atoms with van der Waals surface area (Å²) in [5.74, 6) is 0.585. The summed E-state index contributed by atoms with van der Waals surface area (Å²) < 4.78 is 1.10. The van der Waals surface area contributed by atoms with E-state index < -0.39 is 0 Å². The molecular weight excluding hydrogens is 545 g/mol. The molecule has 6 nitrogen and oxygen atoms in total. The largest absolute Gasteiger partial charge is 0.368 e. The fraction of sp³-hybridized carbons (Fsp3) is 0.333. The van der Waals surface area contributed by atoms with E-state index in [1.807, 2.05) is 36.4 Å². The van der Waals surface area contributed by atoms with Crippen LogP contribution in [0.15, 0.2) is 64.1 Å². The smallest absolute Gasteiger partial charge is 0.239 e. The molecule has 8 heteroatoms. The van der Waals surface area contributed by atoms with Gasteiger partial charge in [0.1, 0.15) is 0 Å². The monoisotopic (exact) mass is 571 g/mol. The number of hydrogen-bond acceptors (Lipinski definition) is 3. The van der Waals surface area contributed by atoms with Gasteiger partial charge < -0.3 is 20.9 Å². The van der Waals surface area contributed by atoms with Gasteiger partial charge in [-0.2, -0.15) is 0 Å². The van der Waals surface area contributed by atoms with Gasteiger partial charge in [0.05, 0.1) is 12.2 Å². The van der Waals surface area contributed by atoms with Gasteiger partial charge >= 0.3 is 0 Å². The van der Waals surface area contributed by atoms with Crippen molar-refractivity contribution in [2.45, 2.75) is 19.0 Å². The highest BCUT2D eigenvalue weighted by Crippen LogP contribution is 2.28. The molecule has 0 aliphatic carbocycles. The maximum atomic E-state index is 12.1. The van der Waals surface area contributed by atoms with Crippen LogP contribution in [0.3, 0.4) is 0 Å². The summed E-state index contributed by atoms with van der Waals surface area (Å²) in [6, 6.07) is 18.4. The van der Waals surface area contributed by atoms with Crippen molar-refractivity contribution in [3.8, 4) is 0 Å². The van der Waals surface area contributed by atoms with Gasteiger partial charge in [0.15, 0.2) is 5.96 Å². The van der Waals surface area contributed by atoms with Gasteiger partial charge in [-0.1, -0.05) is 42.5 Å². The second-order valence-electron chi connectivity index (χ2n) is 6.72. The van der Waals surface area contributed by atoms with E-state index in [9.17, 15) is 4.79 Å². The number of benzene rings is 2. The zero-order valence-electron chi connectivity index (χ0n) is 16.4. The molecule has 1 heterocycles. The number of para-hydroxylation sites is 1. The van der Waals surface area contributed by atoms with Crippen LogP contribution in [0, 0.1) is 0 Å². The number of nitrogens with zero attached hydrogens (tertiary/aromatic N) is 2. The van der Waals surface area contributed by atoms with Crippen LogP contribution in [-0.4, -0.2) is 44.6 Å². The SMILES string of the molecule is CN=C(NCC(=O)NCc1ccccc1)NC1CCN(c2ccccc2Br)C1.I. The van der Waals surface area contributed by atoms with Crippen LogP contribution >= 0.6 is 39.9 Å². The average Bonchev–Trinajstić information content (AvgIpc) is 3.19. The molecule has 1 saturated heterocycles. The van der Waals surface area contributed by atoms with Crippen molar-refractivity contribution in [3.05, 3.63) is 64.6 Å². The minimum atomic E-state index is -0.0620. The zero-order valence-corrected chi connectivity index (χ0v) is 20.3. The van der Waals surface area contributed by atoms with E-state index in [0.29, 0.717) is 12.5 Å². The molecule has 3 rings (SSSR count). The molecule has 0 bridgehead atoms. The van der Waals surface area contributed by atoms with Gasteiger partial charge in [0.2, 0.25) is 5.91 Å². The molecule has 3 N–H and O–H groups in total. The van der Waals surface area contributed by atoms with Gasteiger partial charge in [-0.15, -0.1) is 24.0 Å². The fourth-order valence-electron chi connectivity index (χ4n) is 3.22. The minimum Gasteiger partial charge on any atom is -0.368 e. The lowest BCUT2D eigenvalue weighted by atomic mass is 10.2. The van der Waals surface area contributed by atoms with Crippen molar-refractivity contribution >= 4 is 57.5 Å². The summed E-state index contributed by atoms with van der Waals surface area (Å²) in [5, 5.41) is 9.42. The fourth-order valence-corrected chi connectivity index (χ4v) is 3.75. The topological polar surface area (TPSA) is 68.8 Å². The Kier molecular flexibility index (Phi) is 9.72. The van der Waals surface area contributed by atoms with Crippen molar-refractivity contribution in [2.24, 2.45) is 4.99 Å². The van der Waals surface area contributed by atoms with Crippen LogP contribution in [0.5, 0.6) is 0 Å². The molecule has 1 aliphatic rings. The van der Waals surface area contributed by atoms with Gasteiger partial charge in [-0.05, 0) is 40.0 Å². The third-order valence-corrected chi connectivity index (χ3v) is 5.37. The van der Waals surface area contributed by atoms with E-state index in [4.69, 9.17) is 0 Å². The predicted molar refractivity (Wildman–Crippen MR) is 133 cm³/mol. The van der Waals surface area contributed by atoms with E-state index in [-0.39, 0.29) is 42.5 Å². The number of amides is 1. The van der Waals surface area contributed by atoms with E-state index >= 15 is 0 Å². The maximum Gasteiger partial charge on any atom is 0.239 e. The highest BCUT2D eigenvalue weighted by Gasteiger charge is 2.24. The number of halogens is 2. The molecule has 0 spiro atoms. The first-order valence-electron chi connectivity index (χ1n) is 9.43. The molecule has 1 aliphatic heterocycles. The molecule has 1 amide bonds. The van der Waals surface area contributed by atoms with Gasteiger partial charge in [-0.25, -0.2) is 0 Å². The van der Waals surface area contributed by atoms with Crippen LogP contribution in [-0.2, 0) is 11.3 Å². The van der Waals surface area contributed by atoms with Crippen LogP contribution in [0.25, 0.3) is 0 Å². The van der Waals surface area contributed by atoms with Crippen LogP contribution in [0.2, 0.25) is 0 Å². The molecule has 2 aromatic rings. The predicted octanol–water partition coefficient (Wildman–Crippen LogP) is 3.13. The standard InChI is InChI=1S/C21H26BrN5O.HI/c1-23-21(25-14-20(28)24-13-16-7-3-2-4-8-16)26-17-11-12-27(15-17)19-10-6-5-9-18(19)22;/h2-10,17H,11-15H2,1H3,(H,24,28)(H2,23,25,26);1H. The summed E-state index contributed by atoms with van der Waals surface area (Å²) in [6.45, 7) is 2.59. The van der Waals surface area contributed by atoms with Gasteiger partial charge in [-0.3, -0.25) is 9.79 Å². The molecule has 156 valence electrons. The van der Waals surface area contributed by atoms with Crippen molar-refractivity contribution in [1.82, 2.24) is 16.0 Å². The first kappa shape index (κ1) is 23.5. The van der Waals surface area contributed by atoms with E-state index in [1.54, 1.807) is 7.05 Å². The highest BCUT2D eigenvalue weighted by molar-refractivity contribution is 14.0. The number of hydrogen-bond donors (Lipinski definition) is 3. The third kappa shape index (κ3) is 7.18. The van der Waals surface area contributed by atoms with E-state index in [2.05, 4.69) is 60.0 Å². The number of nitrogens with one attached hydrogen (secondary N) is 3. The maximum absolute atomic E-state index is 12.1. The molecule has 2 aromatic carbocycles. The Bertz CT molecular complexity index is 818. The number of aliphatic imine (C=N–C) groups is 1. The Morgan fingerprint density at radius 1 is 1.14 bits per heavy atom. The first-order valence-corrected chi connectivity index (χ1v) is 10.2. The second-order valence-corrected chi connectivity index (χ2v) is 7.57. The van der Waals surface area contributed by atoms with Crippen LogP contribution in [0.4, 0.5) is 5.69 Å². The van der Waals surface area contributed by atoms with Crippen molar-refractivity contribution in [3.63, 3.8) is 0 Å². The molecule has 0 aromatic heterocycles. The first-order chi connectivity index (χ1) is 13.7. The molecule has 0 radical (unpaired) electrons. The lowest BCUT2D eigenvalue weighted by Crippen LogP contribution is -2.47. The molecular formula is C21H27BrIN5O. The Labute approximate surface area is 197 Å². The van der Waals surface area contributed by atoms with Crippen LogP contribution < -0.4 is 20.9 Å². The Hall–Kier alpha value is -1.81. The highest BCUT2D eigenvalue weighted by atomic mass is 127. The van der Waals surface area contributed by atoms with Crippen molar-refractivity contribution in [2.75, 3.05) is 31.6 Å². The molecule has 1 atom stereocenters. The summed E-state index contributed by atoms with van der Waals surface area (Å²) in [6.07, 6.45) is 1.02. The Balaban J connectivity index is 0.00000300. The van der Waals surface area contributed by atoms with E-state index in [0.717, 1.165) is 29.5 Å². The average molecular weight is 572 g/mol. The molecule has 0 saturated carbocycles. The van der Waals surface area contributed by atoms with Gasteiger partial charge in [0, 0.05) is 37.2 Å². The summed E-state index contributed by atoms with van der Waals surface area (Å²) in [7, 11) is 1.72. The summed E-state index contributed by atoms with van der Waals surface area (Å²) in [4.78, 5) is 18.7. The quantitative estimate of drug-likeness (QED) is 0.283.